The van der Waals surface area contributed by atoms with E-state index in [0.717, 1.165) is 37.7 Å². The average molecular weight is 670 g/mol. The molecule has 9 heteroatoms. The summed E-state index contributed by atoms with van der Waals surface area (Å²) >= 11 is 12.9. The number of allylic oxidation sites excluding steroid dienone is 2. The molecule has 240 valence electrons. The first-order valence-corrected chi connectivity index (χ1v) is 17.2. The summed E-state index contributed by atoms with van der Waals surface area (Å²) in [6.45, 7) is 0. The molecular formula is C38H34Cl2N2O5. The highest BCUT2D eigenvalue weighted by Gasteiger charge is 2.70. The highest BCUT2D eigenvalue weighted by molar-refractivity contribution is 6.32. The minimum absolute atomic E-state index is 0.0590. The van der Waals surface area contributed by atoms with Crippen molar-refractivity contribution >= 4 is 52.5 Å². The average Bonchev–Trinajstić information content (AvgIpc) is 3.47. The zero-order chi connectivity index (χ0) is 32.6. The third kappa shape index (κ3) is 4.39. The number of imide groups is 2. The maximum Gasteiger partial charge on any atom is 0.246 e. The van der Waals surface area contributed by atoms with E-state index in [2.05, 4.69) is 0 Å². The van der Waals surface area contributed by atoms with Gasteiger partial charge in [-0.15, -0.1) is 0 Å². The molecule has 0 spiro atoms. The van der Waals surface area contributed by atoms with E-state index in [0.29, 0.717) is 33.3 Å². The number of halogens is 2. The molecule has 2 saturated carbocycles. The largest absolute Gasteiger partial charge is 0.508 e. The van der Waals surface area contributed by atoms with Gasteiger partial charge in [0.05, 0.1) is 28.9 Å². The zero-order valence-corrected chi connectivity index (χ0v) is 27.2. The van der Waals surface area contributed by atoms with Gasteiger partial charge in [0.2, 0.25) is 23.6 Å². The fourth-order valence-corrected chi connectivity index (χ4v) is 9.93. The first kappa shape index (κ1) is 30.4. The Kier molecular flexibility index (Phi) is 7.34. The van der Waals surface area contributed by atoms with Crippen LogP contribution in [0.1, 0.15) is 62.0 Å². The fraction of sp³-hybridized carbons (Fsp3) is 0.368. The van der Waals surface area contributed by atoms with E-state index in [1.165, 1.54) is 15.9 Å². The second-order valence-electron chi connectivity index (χ2n) is 13.6. The number of carbonyl (C=O) groups excluding carboxylic acids is 4. The smallest absolute Gasteiger partial charge is 0.246 e. The maximum atomic E-state index is 15.2. The van der Waals surface area contributed by atoms with E-state index in [-0.39, 0.29) is 30.0 Å². The Hall–Kier alpha value is -3.94. The molecule has 4 fully saturated rings. The van der Waals surface area contributed by atoms with E-state index in [4.69, 9.17) is 23.2 Å². The van der Waals surface area contributed by atoms with Crippen molar-refractivity contribution in [3.8, 4) is 5.75 Å². The number of benzene rings is 3. The lowest BCUT2D eigenvalue weighted by Gasteiger charge is -2.50. The quantitative estimate of drug-likeness (QED) is 0.234. The summed E-state index contributed by atoms with van der Waals surface area (Å²) in [6.07, 6.45) is 7.24. The van der Waals surface area contributed by atoms with E-state index >= 15 is 4.79 Å². The molecule has 0 radical (unpaired) electrons. The summed E-state index contributed by atoms with van der Waals surface area (Å²) in [4.78, 5) is 61.1. The van der Waals surface area contributed by atoms with Crippen LogP contribution >= 0.6 is 23.2 Å². The van der Waals surface area contributed by atoms with Crippen LogP contribution in [-0.2, 0) is 24.6 Å². The van der Waals surface area contributed by atoms with Gasteiger partial charge in [0, 0.05) is 27.6 Å². The van der Waals surface area contributed by atoms with Crippen molar-refractivity contribution in [1.29, 1.82) is 0 Å². The summed E-state index contributed by atoms with van der Waals surface area (Å²) in [7, 11) is 0. The lowest BCUT2D eigenvalue weighted by Crippen LogP contribution is -2.53. The van der Waals surface area contributed by atoms with Gasteiger partial charge in [0.25, 0.3) is 0 Å². The molecule has 2 heterocycles. The van der Waals surface area contributed by atoms with Gasteiger partial charge in [-0.05, 0) is 73.6 Å². The summed E-state index contributed by atoms with van der Waals surface area (Å²) < 4.78 is 0. The standard InChI is InChI=1S/C38H34Cl2N2O5/c39-22-10-7-13-25(18-22)42-35(45)30-20-28-26(15-16-27-32(28)36(46)41(34(27)44)24-11-5-2-6-12-24)33(29-19-23(40)14-17-31(29)43)38(30,37(42)47)21-8-3-1-4-9-21/h1,3-4,7-10,13-15,17-19,24,27-28,30,32-33,43H,2,5-6,11-12,16,20H2/t27-,28+,30-,32-,33+,38+/m0/s1. The minimum atomic E-state index is -1.47. The number of amides is 4. The number of fused-ring (bicyclic) bond motifs is 4. The number of hydrogen-bond acceptors (Lipinski definition) is 5. The van der Waals surface area contributed by atoms with Gasteiger partial charge in [-0.3, -0.25) is 24.1 Å². The number of carbonyl (C=O) groups is 4. The van der Waals surface area contributed by atoms with Crippen molar-refractivity contribution in [2.45, 2.75) is 62.3 Å². The summed E-state index contributed by atoms with van der Waals surface area (Å²) in [5, 5.41) is 12.2. The Labute approximate surface area is 283 Å². The highest BCUT2D eigenvalue weighted by atomic mass is 35.5. The maximum absolute atomic E-state index is 15.2. The van der Waals surface area contributed by atoms with Gasteiger partial charge in [0.1, 0.15) is 5.75 Å². The number of likely N-dealkylation sites (tertiary alicyclic amines) is 1. The lowest BCUT2D eigenvalue weighted by molar-refractivity contribution is -0.143. The van der Waals surface area contributed by atoms with Crippen molar-refractivity contribution in [2.75, 3.05) is 4.90 Å². The van der Waals surface area contributed by atoms with Gasteiger partial charge in [-0.25, -0.2) is 4.90 Å². The molecule has 2 aliphatic heterocycles. The SMILES string of the molecule is O=C1[C@@H]2C[C@@H]3C(=CC[C@@H]4C(=O)N(C5CCCCC5)C(=O)[C@@H]43)[C@H](c3cc(Cl)ccc3O)[C@]2(c2ccccc2)C(=O)N1c1cccc(Cl)c1. The molecule has 1 N–H and O–H groups in total. The number of hydrogen-bond donors (Lipinski definition) is 1. The van der Waals surface area contributed by atoms with Crippen LogP contribution in [0.25, 0.3) is 0 Å². The Morgan fingerprint density at radius 3 is 2.26 bits per heavy atom. The topological polar surface area (TPSA) is 95.0 Å². The molecule has 8 rings (SSSR count). The minimum Gasteiger partial charge on any atom is -0.508 e. The molecule has 7 nitrogen and oxygen atoms in total. The van der Waals surface area contributed by atoms with Crippen LogP contribution in [-0.4, -0.2) is 39.7 Å². The van der Waals surface area contributed by atoms with Gasteiger partial charge in [-0.2, -0.15) is 0 Å². The normalized spacial score (nSPS) is 30.7. The van der Waals surface area contributed by atoms with E-state index in [1.54, 1.807) is 36.4 Å². The lowest BCUT2D eigenvalue weighted by atomic mass is 9.49. The summed E-state index contributed by atoms with van der Waals surface area (Å²) in [5.41, 5.74) is 0.737. The molecule has 0 unspecified atom stereocenters. The van der Waals surface area contributed by atoms with Gasteiger partial charge >= 0.3 is 0 Å². The van der Waals surface area contributed by atoms with Crippen molar-refractivity contribution in [2.24, 2.45) is 23.7 Å². The fourth-order valence-electron chi connectivity index (χ4n) is 9.57. The van der Waals surface area contributed by atoms with Crippen molar-refractivity contribution in [1.82, 2.24) is 4.90 Å². The van der Waals surface area contributed by atoms with Gasteiger partial charge < -0.3 is 5.11 Å². The number of phenolic OH excluding ortho intramolecular Hbond substituents is 1. The second-order valence-corrected chi connectivity index (χ2v) is 14.5. The number of nitrogens with zero attached hydrogens (tertiary/aromatic N) is 2. The first-order chi connectivity index (χ1) is 22.7. The van der Waals surface area contributed by atoms with Crippen LogP contribution in [0.4, 0.5) is 5.69 Å². The van der Waals surface area contributed by atoms with E-state index in [9.17, 15) is 19.5 Å². The molecule has 4 amide bonds. The Morgan fingerprint density at radius 2 is 1.51 bits per heavy atom. The molecule has 2 saturated heterocycles. The monoisotopic (exact) mass is 668 g/mol. The van der Waals surface area contributed by atoms with Gasteiger partial charge in [0.15, 0.2) is 0 Å². The Morgan fingerprint density at radius 1 is 0.766 bits per heavy atom. The summed E-state index contributed by atoms with van der Waals surface area (Å²) in [6, 6.07) is 20.6. The zero-order valence-electron chi connectivity index (χ0n) is 25.6. The molecule has 3 aromatic rings. The molecule has 3 aromatic carbocycles. The van der Waals surface area contributed by atoms with Crippen LogP contribution in [0.5, 0.6) is 5.75 Å². The molecule has 5 aliphatic rings. The molecular weight excluding hydrogens is 635 g/mol. The summed E-state index contributed by atoms with van der Waals surface area (Å²) in [5.74, 6) is -4.56. The number of anilines is 1. The first-order valence-electron chi connectivity index (χ1n) is 16.5. The molecule has 6 atom stereocenters. The molecule has 47 heavy (non-hydrogen) atoms. The van der Waals surface area contributed by atoms with Crippen LogP contribution in [0.15, 0.2) is 84.4 Å². The van der Waals surface area contributed by atoms with E-state index < -0.39 is 46.8 Å². The Bertz CT molecular complexity index is 1850. The van der Waals surface area contributed by atoms with Crippen LogP contribution < -0.4 is 4.90 Å². The molecule has 0 bridgehead atoms. The van der Waals surface area contributed by atoms with E-state index in [1.807, 2.05) is 36.4 Å². The van der Waals surface area contributed by atoms with Crippen molar-refractivity contribution < 1.29 is 24.3 Å². The third-order valence-corrected chi connectivity index (χ3v) is 11.9. The predicted molar refractivity (Wildman–Crippen MR) is 178 cm³/mol. The van der Waals surface area contributed by atoms with Crippen molar-refractivity contribution in [3.05, 3.63) is 106 Å². The van der Waals surface area contributed by atoms with Crippen LogP contribution in [0, 0.1) is 23.7 Å². The highest BCUT2D eigenvalue weighted by Crippen LogP contribution is 2.65. The number of aromatic hydroxyl groups is 1. The Balaban J connectivity index is 1.35. The predicted octanol–water partition coefficient (Wildman–Crippen LogP) is 7.19. The number of rotatable bonds is 4. The second kappa shape index (κ2) is 11.3. The number of phenols is 1. The van der Waals surface area contributed by atoms with Crippen LogP contribution in [0.3, 0.4) is 0 Å². The van der Waals surface area contributed by atoms with Crippen LogP contribution in [0.2, 0.25) is 10.0 Å². The molecule has 3 aliphatic carbocycles. The third-order valence-electron chi connectivity index (χ3n) is 11.4. The van der Waals surface area contributed by atoms with Crippen molar-refractivity contribution in [3.63, 3.8) is 0 Å². The van der Waals surface area contributed by atoms with Gasteiger partial charge in [-0.1, -0.05) is 90.5 Å². The molecule has 0 aromatic heterocycles.